The van der Waals surface area contributed by atoms with Crippen molar-refractivity contribution in [1.29, 1.82) is 0 Å². The van der Waals surface area contributed by atoms with E-state index in [2.05, 4.69) is 10.2 Å². The molecule has 2 aliphatic rings. The Morgan fingerprint density at radius 3 is 2.76 bits per heavy atom. The van der Waals surface area contributed by atoms with Gasteiger partial charge >= 0.3 is 0 Å². The largest absolute Gasteiger partial charge is 0.396 e. The van der Waals surface area contributed by atoms with Crippen molar-refractivity contribution in [3.8, 4) is 0 Å². The van der Waals surface area contributed by atoms with Crippen LogP contribution in [0.3, 0.4) is 0 Å². The zero-order valence-corrected chi connectivity index (χ0v) is 14.8. The average Bonchev–Trinajstić information content (AvgIpc) is 3.24. The zero-order chi connectivity index (χ0) is 18.0. The number of carbonyl (C=O) groups is 2. The molecule has 3 N–H and O–H groups in total. The van der Waals surface area contributed by atoms with Crippen LogP contribution < -0.4 is 20.9 Å². The molecule has 8 heteroatoms. The standard InChI is InChI=1S/C17H26N6O2/c1-12(25)21(2)16-6-4-9-22(16)15-8-7-13(18)17(20-15)23-10-3-5-14(23)19-11-24/h7-8,11,14,16H,3-6,9-10,18H2,1-2H3,(H,19,24). The van der Waals surface area contributed by atoms with E-state index in [1.807, 2.05) is 24.1 Å². The third kappa shape index (κ3) is 3.33. The van der Waals surface area contributed by atoms with E-state index in [-0.39, 0.29) is 18.2 Å². The second-order valence-corrected chi connectivity index (χ2v) is 6.66. The van der Waals surface area contributed by atoms with Crippen LogP contribution in [0.2, 0.25) is 0 Å². The van der Waals surface area contributed by atoms with E-state index >= 15 is 0 Å². The SMILES string of the molecule is CC(=O)N(C)C1CCCN1c1ccc(N)c(N2CCCC2NC=O)n1. The maximum absolute atomic E-state index is 11.8. The van der Waals surface area contributed by atoms with Crippen LogP contribution in [0.25, 0.3) is 0 Å². The Kier molecular flexibility index (Phi) is 4.96. The lowest BCUT2D eigenvalue weighted by atomic mass is 10.3. The van der Waals surface area contributed by atoms with Crippen molar-refractivity contribution in [3.05, 3.63) is 12.1 Å². The topological polar surface area (TPSA) is 94.8 Å². The molecule has 3 rings (SSSR count). The summed E-state index contributed by atoms with van der Waals surface area (Å²) in [6, 6.07) is 3.76. The van der Waals surface area contributed by atoms with Gasteiger partial charge in [0, 0.05) is 27.1 Å². The number of hydrogen-bond acceptors (Lipinski definition) is 6. The molecular formula is C17H26N6O2. The summed E-state index contributed by atoms with van der Waals surface area (Å²) in [5.41, 5.74) is 6.76. The molecule has 1 aromatic heterocycles. The molecule has 2 saturated heterocycles. The lowest BCUT2D eigenvalue weighted by Crippen LogP contribution is -2.45. The Morgan fingerprint density at radius 1 is 1.32 bits per heavy atom. The molecule has 3 heterocycles. The van der Waals surface area contributed by atoms with E-state index in [0.29, 0.717) is 11.5 Å². The highest BCUT2D eigenvalue weighted by Gasteiger charge is 2.32. The first-order valence-corrected chi connectivity index (χ1v) is 8.76. The molecule has 0 spiro atoms. The van der Waals surface area contributed by atoms with Crippen molar-refractivity contribution in [2.45, 2.75) is 44.9 Å². The Balaban J connectivity index is 1.88. The Hall–Kier alpha value is -2.51. The number of nitrogens with one attached hydrogen (secondary N) is 1. The van der Waals surface area contributed by atoms with Crippen LogP contribution in [-0.4, -0.2) is 54.7 Å². The molecule has 2 aliphatic heterocycles. The minimum absolute atomic E-state index is 0.0175. The van der Waals surface area contributed by atoms with E-state index < -0.39 is 0 Å². The van der Waals surface area contributed by atoms with Gasteiger partial charge in [0.05, 0.1) is 5.69 Å². The van der Waals surface area contributed by atoms with Crippen molar-refractivity contribution in [3.63, 3.8) is 0 Å². The summed E-state index contributed by atoms with van der Waals surface area (Å²) in [5, 5.41) is 2.83. The summed E-state index contributed by atoms with van der Waals surface area (Å²) in [6.45, 7) is 3.25. The number of amides is 2. The van der Waals surface area contributed by atoms with Gasteiger partial charge < -0.3 is 25.8 Å². The molecule has 0 saturated carbocycles. The van der Waals surface area contributed by atoms with Crippen LogP contribution in [-0.2, 0) is 9.59 Å². The third-order valence-electron chi connectivity index (χ3n) is 5.14. The maximum atomic E-state index is 11.8. The molecule has 2 unspecified atom stereocenters. The maximum Gasteiger partial charge on any atom is 0.220 e. The van der Waals surface area contributed by atoms with Gasteiger partial charge in [-0.05, 0) is 37.8 Å². The van der Waals surface area contributed by atoms with Gasteiger partial charge in [0.1, 0.15) is 18.1 Å². The fraction of sp³-hybridized carbons (Fsp3) is 0.588. The molecule has 0 aromatic carbocycles. The lowest BCUT2D eigenvalue weighted by Gasteiger charge is -2.34. The van der Waals surface area contributed by atoms with Crippen LogP contribution in [0.5, 0.6) is 0 Å². The van der Waals surface area contributed by atoms with E-state index in [9.17, 15) is 9.59 Å². The van der Waals surface area contributed by atoms with Gasteiger partial charge in [0.2, 0.25) is 12.3 Å². The quantitative estimate of drug-likeness (QED) is 0.764. The minimum atomic E-state index is -0.0724. The number of rotatable bonds is 5. The molecule has 0 aliphatic carbocycles. The summed E-state index contributed by atoms with van der Waals surface area (Å²) in [6.07, 6.45) is 4.47. The summed E-state index contributed by atoms with van der Waals surface area (Å²) < 4.78 is 0. The van der Waals surface area contributed by atoms with E-state index in [4.69, 9.17) is 10.7 Å². The molecule has 2 amide bonds. The normalized spacial score (nSPS) is 23.0. The van der Waals surface area contributed by atoms with Gasteiger partial charge in [-0.15, -0.1) is 0 Å². The predicted molar refractivity (Wildman–Crippen MR) is 97.0 cm³/mol. The minimum Gasteiger partial charge on any atom is -0.396 e. The highest BCUT2D eigenvalue weighted by molar-refractivity contribution is 5.74. The molecule has 0 bridgehead atoms. The predicted octanol–water partition coefficient (Wildman–Crippen LogP) is 0.741. The molecular weight excluding hydrogens is 320 g/mol. The summed E-state index contributed by atoms with van der Waals surface area (Å²) in [4.78, 5) is 33.4. The van der Waals surface area contributed by atoms with Crippen molar-refractivity contribution >= 4 is 29.6 Å². The number of hydrogen-bond donors (Lipinski definition) is 2. The first-order chi connectivity index (χ1) is 12.0. The number of aromatic nitrogens is 1. The van der Waals surface area contributed by atoms with Crippen LogP contribution >= 0.6 is 0 Å². The van der Waals surface area contributed by atoms with Gasteiger partial charge in [-0.1, -0.05) is 0 Å². The van der Waals surface area contributed by atoms with E-state index in [1.54, 1.807) is 11.8 Å². The van der Waals surface area contributed by atoms with Crippen LogP contribution in [0.4, 0.5) is 17.3 Å². The first-order valence-electron chi connectivity index (χ1n) is 8.76. The Morgan fingerprint density at radius 2 is 2.04 bits per heavy atom. The van der Waals surface area contributed by atoms with Gasteiger partial charge in [0.25, 0.3) is 0 Å². The van der Waals surface area contributed by atoms with Gasteiger partial charge in [-0.2, -0.15) is 0 Å². The fourth-order valence-corrected chi connectivity index (χ4v) is 3.74. The average molecular weight is 346 g/mol. The number of nitrogens with zero attached hydrogens (tertiary/aromatic N) is 4. The van der Waals surface area contributed by atoms with Crippen LogP contribution in [0.1, 0.15) is 32.6 Å². The number of nitrogens with two attached hydrogens (primary N) is 1. The summed E-state index contributed by atoms with van der Waals surface area (Å²) in [7, 11) is 1.83. The molecule has 25 heavy (non-hydrogen) atoms. The monoisotopic (exact) mass is 346 g/mol. The molecule has 136 valence electrons. The van der Waals surface area contributed by atoms with E-state index in [0.717, 1.165) is 51.0 Å². The molecule has 0 radical (unpaired) electrons. The zero-order valence-electron chi connectivity index (χ0n) is 14.8. The highest BCUT2D eigenvalue weighted by atomic mass is 16.2. The number of nitrogen functional groups attached to an aromatic ring is 1. The third-order valence-corrected chi connectivity index (χ3v) is 5.14. The molecule has 2 atom stereocenters. The second kappa shape index (κ2) is 7.16. The van der Waals surface area contributed by atoms with Gasteiger partial charge in [-0.25, -0.2) is 4.98 Å². The van der Waals surface area contributed by atoms with Crippen LogP contribution in [0, 0.1) is 0 Å². The summed E-state index contributed by atoms with van der Waals surface area (Å²) in [5.74, 6) is 1.56. The van der Waals surface area contributed by atoms with Crippen molar-refractivity contribution in [2.75, 3.05) is 35.7 Å². The Bertz CT molecular complexity index is 652. The number of anilines is 3. The van der Waals surface area contributed by atoms with Crippen molar-refractivity contribution in [2.24, 2.45) is 0 Å². The lowest BCUT2D eigenvalue weighted by molar-refractivity contribution is -0.129. The van der Waals surface area contributed by atoms with E-state index in [1.165, 1.54) is 0 Å². The molecule has 2 fully saturated rings. The second-order valence-electron chi connectivity index (χ2n) is 6.66. The van der Waals surface area contributed by atoms with Crippen molar-refractivity contribution in [1.82, 2.24) is 15.2 Å². The molecule has 1 aromatic rings. The van der Waals surface area contributed by atoms with Gasteiger partial charge in [0.15, 0.2) is 5.82 Å². The number of pyridine rings is 1. The highest BCUT2D eigenvalue weighted by Crippen LogP contribution is 2.32. The smallest absolute Gasteiger partial charge is 0.220 e. The first kappa shape index (κ1) is 17.3. The molecule has 8 nitrogen and oxygen atoms in total. The van der Waals surface area contributed by atoms with Gasteiger partial charge in [-0.3, -0.25) is 9.59 Å². The number of carbonyl (C=O) groups excluding carboxylic acids is 2. The summed E-state index contributed by atoms with van der Waals surface area (Å²) >= 11 is 0. The Labute approximate surface area is 148 Å². The van der Waals surface area contributed by atoms with Crippen molar-refractivity contribution < 1.29 is 9.59 Å². The fourth-order valence-electron chi connectivity index (χ4n) is 3.74. The van der Waals surface area contributed by atoms with Crippen LogP contribution in [0.15, 0.2) is 12.1 Å².